The predicted molar refractivity (Wildman–Crippen MR) is 172 cm³/mol. The number of aromatic nitrogens is 1. The molecule has 2 aromatic carbocycles. The van der Waals surface area contributed by atoms with Crippen molar-refractivity contribution in [3.8, 4) is 28.3 Å². The lowest BCUT2D eigenvalue weighted by atomic mass is 9.96. The molecule has 0 bridgehead atoms. The topological polar surface area (TPSA) is 133 Å². The third-order valence-electron chi connectivity index (χ3n) is 8.18. The van der Waals surface area contributed by atoms with Crippen molar-refractivity contribution in [2.24, 2.45) is 5.92 Å². The SMILES string of the molecule is CCOc1nc(-c2cccc(-c3cccc(NC(=O)C4CN(C)C(=O)N(C)C4=O)c3C)c2Cl)ccc1CNC[C@@H]1CCC(=O)N1. The number of hydrogen-bond acceptors (Lipinski definition) is 7. The minimum atomic E-state index is -1.01. The van der Waals surface area contributed by atoms with Crippen molar-refractivity contribution < 1.29 is 23.9 Å². The number of carbonyl (C=O) groups excluding carboxylic acids is 4. The fourth-order valence-electron chi connectivity index (χ4n) is 5.66. The lowest BCUT2D eigenvalue weighted by molar-refractivity contribution is -0.140. The molecule has 2 saturated heterocycles. The average molecular weight is 633 g/mol. The summed E-state index contributed by atoms with van der Waals surface area (Å²) in [6.07, 6.45) is 1.38. The van der Waals surface area contributed by atoms with Crippen LogP contribution in [0.4, 0.5) is 10.5 Å². The first-order valence-electron chi connectivity index (χ1n) is 14.9. The summed E-state index contributed by atoms with van der Waals surface area (Å²) in [4.78, 5) is 56.6. The molecule has 0 aliphatic carbocycles. The number of ether oxygens (including phenoxy) is 1. The summed E-state index contributed by atoms with van der Waals surface area (Å²) in [5, 5.41) is 9.73. The number of halogens is 1. The van der Waals surface area contributed by atoms with Crippen molar-refractivity contribution in [3.63, 3.8) is 0 Å². The number of benzene rings is 2. The molecule has 2 aliphatic rings. The van der Waals surface area contributed by atoms with Gasteiger partial charge in [0.1, 0.15) is 5.92 Å². The van der Waals surface area contributed by atoms with Crippen LogP contribution in [-0.2, 0) is 20.9 Å². The van der Waals surface area contributed by atoms with E-state index in [9.17, 15) is 19.2 Å². The third-order valence-corrected chi connectivity index (χ3v) is 8.59. The second kappa shape index (κ2) is 13.7. The van der Waals surface area contributed by atoms with Crippen molar-refractivity contribution in [2.45, 2.75) is 39.3 Å². The molecule has 5 amide bonds. The summed E-state index contributed by atoms with van der Waals surface area (Å²) in [7, 11) is 2.93. The summed E-state index contributed by atoms with van der Waals surface area (Å²) in [5.41, 5.74) is 5.15. The van der Waals surface area contributed by atoms with E-state index in [0.717, 1.165) is 39.1 Å². The van der Waals surface area contributed by atoms with Crippen LogP contribution in [0.3, 0.4) is 0 Å². The number of nitrogens with one attached hydrogen (secondary N) is 3. The number of hydrogen-bond donors (Lipinski definition) is 3. The Bertz CT molecular complexity index is 1650. The summed E-state index contributed by atoms with van der Waals surface area (Å²) in [5.74, 6) is -1.44. The van der Waals surface area contributed by atoms with Crippen LogP contribution >= 0.6 is 11.6 Å². The molecule has 12 heteroatoms. The zero-order valence-electron chi connectivity index (χ0n) is 25.8. The summed E-state index contributed by atoms with van der Waals surface area (Å²) in [6.45, 7) is 5.44. The van der Waals surface area contributed by atoms with Gasteiger partial charge in [0.2, 0.25) is 23.6 Å². The molecule has 3 aromatic rings. The Hall–Kier alpha value is -4.48. The van der Waals surface area contributed by atoms with Crippen LogP contribution in [0.15, 0.2) is 48.5 Å². The lowest BCUT2D eigenvalue weighted by Gasteiger charge is -2.33. The highest BCUT2D eigenvalue weighted by molar-refractivity contribution is 6.36. The fourth-order valence-corrected chi connectivity index (χ4v) is 5.98. The Labute approximate surface area is 267 Å². The molecular formula is C33H37ClN6O5. The molecule has 0 spiro atoms. The van der Waals surface area contributed by atoms with E-state index in [1.165, 1.54) is 11.9 Å². The van der Waals surface area contributed by atoms with Gasteiger partial charge in [-0.25, -0.2) is 9.78 Å². The van der Waals surface area contributed by atoms with Gasteiger partial charge < -0.3 is 25.6 Å². The molecule has 2 fully saturated rings. The number of amides is 5. The van der Waals surface area contributed by atoms with Gasteiger partial charge in [-0.15, -0.1) is 0 Å². The van der Waals surface area contributed by atoms with E-state index in [1.807, 2.05) is 56.3 Å². The normalized spacial score (nSPS) is 18.3. The van der Waals surface area contributed by atoms with Crippen LogP contribution in [0.25, 0.3) is 22.4 Å². The van der Waals surface area contributed by atoms with Crippen LogP contribution in [0, 0.1) is 12.8 Å². The fraction of sp³-hybridized carbons (Fsp3) is 0.364. The first kappa shape index (κ1) is 31.9. The molecule has 0 saturated carbocycles. The van der Waals surface area contributed by atoms with E-state index in [2.05, 4.69) is 16.0 Å². The van der Waals surface area contributed by atoms with Crippen LogP contribution in [0.5, 0.6) is 5.88 Å². The molecular weight excluding hydrogens is 596 g/mol. The molecule has 2 atom stereocenters. The quantitative estimate of drug-likeness (QED) is 0.285. The van der Waals surface area contributed by atoms with Gasteiger partial charge in [-0.05, 0) is 43.5 Å². The molecule has 0 radical (unpaired) electrons. The highest BCUT2D eigenvalue weighted by atomic mass is 35.5. The molecule has 3 N–H and O–H groups in total. The van der Waals surface area contributed by atoms with Gasteiger partial charge in [-0.3, -0.25) is 19.3 Å². The maximum atomic E-state index is 13.2. The summed E-state index contributed by atoms with van der Waals surface area (Å²) < 4.78 is 5.89. The number of nitrogens with zero attached hydrogens (tertiary/aromatic N) is 3. The number of pyridine rings is 1. The molecule has 1 aromatic heterocycles. The zero-order valence-corrected chi connectivity index (χ0v) is 26.5. The van der Waals surface area contributed by atoms with E-state index in [0.29, 0.717) is 48.4 Å². The van der Waals surface area contributed by atoms with Gasteiger partial charge in [0, 0.05) is 68.6 Å². The maximum absolute atomic E-state index is 13.2. The molecule has 2 aliphatic heterocycles. The lowest BCUT2D eigenvalue weighted by Crippen LogP contribution is -2.56. The number of carbonyl (C=O) groups is 4. The standard InChI is InChI=1S/C33H37ClN6O5/c1-5-45-31-20(16-35-17-21-13-15-28(41)36-21)12-14-27(38-31)24-10-6-9-23(29(24)34)22-8-7-11-26(19(22)2)37-30(42)25-18-39(3)33(44)40(4)32(25)43/h6-12,14,21,25,35H,5,13,15-18H2,1-4H3,(H,36,41)(H,37,42)/t21-,25?/m0/s1. The Balaban J connectivity index is 1.37. The Morgan fingerprint density at radius 1 is 1.07 bits per heavy atom. The van der Waals surface area contributed by atoms with Gasteiger partial charge >= 0.3 is 6.03 Å². The van der Waals surface area contributed by atoms with Crippen molar-refractivity contribution in [2.75, 3.05) is 39.1 Å². The molecule has 1 unspecified atom stereocenters. The summed E-state index contributed by atoms with van der Waals surface area (Å²) in [6, 6.07) is 14.8. The first-order chi connectivity index (χ1) is 21.6. The minimum Gasteiger partial charge on any atom is -0.478 e. The van der Waals surface area contributed by atoms with Crippen molar-refractivity contribution >= 4 is 41.0 Å². The molecule has 3 heterocycles. The minimum absolute atomic E-state index is 0.00473. The Morgan fingerprint density at radius 2 is 1.80 bits per heavy atom. The molecule has 236 valence electrons. The van der Waals surface area contributed by atoms with Crippen molar-refractivity contribution in [3.05, 3.63) is 64.7 Å². The van der Waals surface area contributed by atoms with Crippen LogP contribution in [0.2, 0.25) is 5.02 Å². The Kier molecular flexibility index (Phi) is 9.69. The molecule has 45 heavy (non-hydrogen) atoms. The second-order valence-electron chi connectivity index (χ2n) is 11.3. The van der Waals surface area contributed by atoms with Gasteiger partial charge in [0.25, 0.3) is 0 Å². The number of imide groups is 1. The van der Waals surface area contributed by atoms with Crippen LogP contribution in [-0.4, -0.2) is 78.4 Å². The van der Waals surface area contributed by atoms with E-state index in [-0.39, 0.29) is 18.5 Å². The number of urea groups is 1. The van der Waals surface area contributed by atoms with Crippen LogP contribution < -0.4 is 20.7 Å². The van der Waals surface area contributed by atoms with E-state index in [1.54, 1.807) is 13.1 Å². The number of rotatable bonds is 10. The highest BCUT2D eigenvalue weighted by Crippen LogP contribution is 2.39. The Morgan fingerprint density at radius 3 is 2.53 bits per heavy atom. The molecule has 11 nitrogen and oxygen atoms in total. The van der Waals surface area contributed by atoms with Crippen molar-refractivity contribution in [1.82, 2.24) is 25.4 Å². The van der Waals surface area contributed by atoms with Crippen LogP contribution in [0.1, 0.15) is 30.9 Å². The van der Waals surface area contributed by atoms with Gasteiger partial charge in [0.15, 0.2) is 0 Å². The average Bonchev–Trinajstić information content (AvgIpc) is 3.44. The smallest absolute Gasteiger partial charge is 0.326 e. The van der Waals surface area contributed by atoms with E-state index >= 15 is 0 Å². The maximum Gasteiger partial charge on any atom is 0.326 e. The van der Waals surface area contributed by atoms with Crippen molar-refractivity contribution in [1.29, 1.82) is 0 Å². The van der Waals surface area contributed by atoms with Gasteiger partial charge in [-0.2, -0.15) is 0 Å². The van der Waals surface area contributed by atoms with E-state index < -0.39 is 23.8 Å². The van der Waals surface area contributed by atoms with Gasteiger partial charge in [-0.1, -0.05) is 48.0 Å². The molecule has 5 rings (SSSR count). The third kappa shape index (κ3) is 6.79. The van der Waals surface area contributed by atoms with Gasteiger partial charge in [0.05, 0.1) is 17.3 Å². The summed E-state index contributed by atoms with van der Waals surface area (Å²) >= 11 is 7.03. The highest BCUT2D eigenvalue weighted by Gasteiger charge is 2.39. The first-order valence-corrected chi connectivity index (χ1v) is 15.3. The zero-order chi connectivity index (χ0) is 32.2. The largest absolute Gasteiger partial charge is 0.478 e. The monoisotopic (exact) mass is 632 g/mol. The predicted octanol–water partition coefficient (Wildman–Crippen LogP) is 4.22. The second-order valence-corrected chi connectivity index (χ2v) is 11.7. The number of anilines is 1. The van der Waals surface area contributed by atoms with E-state index in [4.69, 9.17) is 21.3 Å².